The molecular formula is C13H18N2O3. The van der Waals surface area contributed by atoms with Gasteiger partial charge in [-0.1, -0.05) is 12.5 Å². The van der Waals surface area contributed by atoms with E-state index in [0.717, 1.165) is 31.3 Å². The number of esters is 1. The highest BCUT2D eigenvalue weighted by atomic mass is 16.6. The van der Waals surface area contributed by atoms with Gasteiger partial charge in [-0.2, -0.15) is 0 Å². The van der Waals surface area contributed by atoms with Crippen molar-refractivity contribution in [1.29, 1.82) is 0 Å². The Bertz CT molecular complexity index is 451. The largest absolute Gasteiger partial charge is 0.449 e. The minimum atomic E-state index is -0.497. The Kier molecular flexibility index (Phi) is 4.12. The number of carbonyl (C=O) groups is 1. The highest BCUT2D eigenvalue weighted by Gasteiger charge is 2.20. The topological polar surface area (TPSA) is 65.2 Å². The Morgan fingerprint density at radius 2 is 2.22 bits per heavy atom. The van der Waals surface area contributed by atoms with Crippen LogP contribution in [-0.4, -0.2) is 16.2 Å². The Morgan fingerprint density at radius 3 is 2.94 bits per heavy atom. The summed E-state index contributed by atoms with van der Waals surface area (Å²) in [5, 5.41) is 7.57. The monoisotopic (exact) mass is 250 g/mol. The minimum Gasteiger partial charge on any atom is -0.449 e. The van der Waals surface area contributed by atoms with Gasteiger partial charge in [-0.05, 0) is 32.6 Å². The van der Waals surface area contributed by atoms with Crippen LogP contribution in [0.3, 0.4) is 0 Å². The van der Waals surface area contributed by atoms with E-state index in [-0.39, 0.29) is 5.97 Å². The molecule has 98 valence electrons. The molecule has 0 amide bonds. The van der Waals surface area contributed by atoms with E-state index in [9.17, 15) is 4.79 Å². The summed E-state index contributed by atoms with van der Waals surface area (Å²) in [7, 11) is 0. The van der Waals surface area contributed by atoms with Gasteiger partial charge in [-0.15, -0.1) is 10.2 Å². The van der Waals surface area contributed by atoms with E-state index in [4.69, 9.17) is 9.15 Å². The van der Waals surface area contributed by atoms with Crippen LogP contribution in [0.25, 0.3) is 0 Å². The molecule has 1 aromatic heterocycles. The summed E-state index contributed by atoms with van der Waals surface area (Å²) in [6.45, 7) is 3.45. The molecule has 0 saturated heterocycles. The third-order valence-corrected chi connectivity index (χ3v) is 2.98. The SMILES string of the molecule is Cc1nnc(C(C)OC(=O)C2=CCCCCC2)o1. The summed E-state index contributed by atoms with van der Waals surface area (Å²) >= 11 is 0. The number of carbonyl (C=O) groups excluding carboxylic acids is 1. The van der Waals surface area contributed by atoms with Crippen molar-refractivity contribution in [1.82, 2.24) is 10.2 Å². The third kappa shape index (κ3) is 3.18. The van der Waals surface area contributed by atoms with Crippen molar-refractivity contribution in [2.24, 2.45) is 0 Å². The van der Waals surface area contributed by atoms with Crippen molar-refractivity contribution in [3.05, 3.63) is 23.4 Å². The predicted octanol–water partition coefficient (Wildman–Crippen LogP) is 2.87. The number of aryl methyl sites for hydroxylation is 1. The molecule has 5 nitrogen and oxygen atoms in total. The van der Waals surface area contributed by atoms with Gasteiger partial charge in [0.05, 0.1) is 0 Å². The quantitative estimate of drug-likeness (QED) is 0.772. The second kappa shape index (κ2) is 5.80. The van der Waals surface area contributed by atoms with E-state index < -0.39 is 6.10 Å². The van der Waals surface area contributed by atoms with E-state index >= 15 is 0 Å². The maximum atomic E-state index is 12.0. The summed E-state index contributed by atoms with van der Waals surface area (Å²) in [5.41, 5.74) is 0.774. The molecule has 0 saturated carbocycles. The summed E-state index contributed by atoms with van der Waals surface area (Å²) in [5.74, 6) is 0.553. The number of hydrogen-bond acceptors (Lipinski definition) is 5. The van der Waals surface area contributed by atoms with Crippen molar-refractivity contribution in [3.8, 4) is 0 Å². The highest BCUT2D eigenvalue weighted by molar-refractivity contribution is 5.88. The Hall–Kier alpha value is -1.65. The van der Waals surface area contributed by atoms with E-state index in [2.05, 4.69) is 10.2 Å². The van der Waals surface area contributed by atoms with Gasteiger partial charge in [0.2, 0.25) is 5.89 Å². The highest BCUT2D eigenvalue weighted by Crippen LogP contribution is 2.22. The number of allylic oxidation sites excluding steroid dienone is 1. The van der Waals surface area contributed by atoms with Crippen molar-refractivity contribution >= 4 is 5.97 Å². The van der Waals surface area contributed by atoms with Crippen LogP contribution in [0.1, 0.15) is 56.9 Å². The van der Waals surface area contributed by atoms with Crippen LogP contribution in [0.2, 0.25) is 0 Å². The first kappa shape index (κ1) is 12.8. The fraction of sp³-hybridized carbons (Fsp3) is 0.615. The maximum Gasteiger partial charge on any atom is 0.334 e. The molecule has 0 bridgehead atoms. The summed E-state index contributed by atoms with van der Waals surface area (Å²) in [4.78, 5) is 12.0. The number of aromatic nitrogens is 2. The molecule has 1 unspecified atom stereocenters. The molecule has 0 aliphatic heterocycles. The van der Waals surface area contributed by atoms with Crippen LogP contribution >= 0.6 is 0 Å². The molecule has 5 heteroatoms. The van der Waals surface area contributed by atoms with Gasteiger partial charge in [0.15, 0.2) is 6.10 Å². The Balaban J connectivity index is 1.96. The molecule has 0 radical (unpaired) electrons. The number of rotatable bonds is 3. The van der Waals surface area contributed by atoms with Gasteiger partial charge < -0.3 is 9.15 Å². The number of hydrogen-bond donors (Lipinski definition) is 0. The van der Waals surface area contributed by atoms with Gasteiger partial charge >= 0.3 is 5.97 Å². The van der Waals surface area contributed by atoms with E-state index in [1.165, 1.54) is 6.42 Å². The molecule has 0 spiro atoms. The van der Waals surface area contributed by atoms with Gasteiger partial charge in [-0.3, -0.25) is 0 Å². The lowest BCUT2D eigenvalue weighted by Gasteiger charge is -2.10. The van der Waals surface area contributed by atoms with Crippen molar-refractivity contribution < 1.29 is 13.9 Å². The van der Waals surface area contributed by atoms with Gasteiger partial charge in [-0.25, -0.2) is 4.79 Å². The summed E-state index contributed by atoms with van der Waals surface area (Å²) in [6.07, 6.45) is 6.62. The van der Waals surface area contributed by atoms with Crippen LogP contribution in [0.15, 0.2) is 16.1 Å². The lowest BCUT2D eigenvalue weighted by molar-refractivity contribution is -0.145. The lowest BCUT2D eigenvalue weighted by atomic mass is 10.1. The van der Waals surface area contributed by atoms with Crippen molar-refractivity contribution in [3.63, 3.8) is 0 Å². The fourth-order valence-corrected chi connectivity index (χ4v) is 1.96. The van der Waals surface area contributed by atoms with Crippen molar-refractivity contribution in [2.75, 3.05) is 0 Å². The average Bonchev–Trinajstić information content (AvgIpc) is 2.63. The first-order valence-corrected chi connectivity index (χ1v) is 6.37. The minimum absolute atomic E-state index is 0.264. The van der Waals surface area contributed by atoms with E-state index in [1.54, 1.807) is 13.8 Å². The van der Waals surface area contributed by atoms with Gasteiger partial charge in [0.25, 0.3) is 5.89 Å². The average molecular weight is 250 g/mol. The molecule has 2 rings (SSSR count). The maximum absolute atomic E-state index is 12.0. The van der Waals surface area contributed by atoms with Crippen LogP contribution in [0.5, 0.6) is 0 Å². The first-order valence-electron chi connectivity index (χ1n) is 6.37. The molecule has 1 aliphatic carbocycles. The second-order valence-corrected chi connectivity index (χ2v) is 4.54. The third-order valence-electron chi connectivity index (χ3n) is 2.98. The summed E-state index contributed by atoms with van der Waals surface area (Å²) in [6, 6.07) is 0. The molecule has 1 atom stereocenters. The second-order valence-electron chi connectivity index (χ2n) is 4.54. The molecule has 1 heterocycles. The first-order chi connectivity index (χ1) is 8.66. The summed E-state index contributed by atoms with van der Waals surface area (Å²) < 4.78 is 10.6. The molecule has 18 heavy (non-hydrogen) atoms. The van der Waals surface area contributed by atoms with Gasteiger partial charge in [0, 0.05) is 12.5 Å². The van der Waals surface area contributed by atoms with Crippen LogP contribution in [0, 0.1) is 6.92 Å². The smallest absolute Gasteiger partial charge is 0.334 e. The zero-order valence-corrected chi connectivity index (χ0v) is 10.8. The number of ether oxygens (including phenoxy) is 1. The van der Waals surface area contributed by atoms with Gasteiger partial charge in [0.1, 0.15) is 0 Å². The molecule has 0 aromatic carbocycles. The fourth-order valence-electron chi connectivity index (χ4n) is 1.96. The zero-order chi connectivity index (χ0) is 13.0. The Labute approximate surface area is 106 Å². The predicted molar refractivity (Wildman–Crippen MR) is 64.7 cm³/mol. The zero-order valence-electron chi connectivity index (χ0n) is 10.8. The standard InChI is InChI=1S/C13H18N2O3/c1-9(12-15-14-10(2)18-12)17-13(16)11-7-5-3-4-6-8-11/h7,9H,3-6,8H2,1-2H3. The van der Waals surface area contributed by atoms with E-state index in [0.29, 0.717) is 11.8 Å². The normalized spacial score (nSPS) is 17.8. The number of nitrogens with zero attached hydrogens (tertiary/aromatic N) is 2. The van der Waals surface area contributed by atoms with Crippen LogP contribution in [-0.2, 0) is 9.53 Å². The Morgan fingerprint density at radius 1 is 1.39 bits per heavy atom. The molecule has 1 aromatic rings. The lowest BCUT2D eigenvalue weighted by Crippen LogP contribution is -2.11. The molecular weight excluding hydrogens is 232 g/mol. The molecule has 0 N–H and O–H groups in total. The van der Waals surface area contributed by atoms with Crippen LogP contribution in [0.4, 0.5) is 0 Å². The van der Waals surface area contributed by atoms with Crippen molar-refractivity contribution in [2.45, 2.75) is 52.1 Å². The van der Waals surface area contributed by atoms with E-state index in [1.807, 2.05) is 6.08 Å². The van der Waals surface area contributed by atoms with Crippen LogP contribution < -0.4 is 0 Å². The molecule has 1 aliphatic rings. The molecule has 0 fully saturated rings.